The molecule has 0 aromatic heterocycles. The number of likely N-dealkylation sites (tertiary alicyclic amines) is 2. The second-order valence-electron chi connectivity index (χ2n) is 13.6. The van der Waals surface area contributed by atoms with E-state index in [9.17, 15) is 9.59 Å². The Labute approximate surface area is 307 Å². The molecule has 0 aliphatic carbocycles. The van der Waals surface area contributed by atoms with E-state index in [1.54, 1.807) is 0 Å². The molecule has 258 valence electrons. The molecule has 4 nitrogen and oxygen atoms in total. The fraction of sp³-hybridized carbons (Fsp3) is 0.167. The molecule has 8 rings (SSSR count). The third-order valence-corrected chi connectivity index (χ3v) is 9.96. The van der Waals surface area contributed by atoms with Gasteiger partial charge in [0.05, 0.1) is 6.54 Å². The van der Waals surface area contributed by atoms with Crippen LogP contribution in [0.1, 0.15) is 47.9 Å². The topological polar surface area (TPSA) is 40.6 Å². The number of amides is 2. The third-order valence-electron chi connectivity index (χ3n) is 9.96. The predicted octanol–water partition coefficient (Wildman–Crippen LogP) is 10.6. The van der Waals surface area contributed by atoms with Gasteiger partial charge in [-0.2, -0.15) is 0 Å². The van der Waals surface area contributed by atoms with Crippen molar-refractivity contribution in [3.8, 4) is 22.3 Å². The smallest absolute Gasteiger partial charge is 0.227 e. The highest BCUT2D eigenvalue weighted by Crippen LogP contribution is 2.29. The first kappa shape index (κ1) is 34.4. The molecule has 6 aromatic rings. The van der Waals surface area contributed by atoms with Crippen LogP contribution in [-0.2, 0) is 29.1 Å². The summed E-state index contributed by atoms with van der Waals surface area (Å²) in [7, 11) is 0. The van der Waals surface area contributed by atoms with Gasteiger partial charge in [0, 0.05) is 31.1 Å². The number of carbonyl (C=O) groups is 2. The van der Waals surface area contributed by atoms with Crippen molar-refractivity contribution in [1.82, 2.24) is 9.80 Å². The monoisotopic (exact) mass is 680 g/mol. The summed E-state index contributed by atoms with van der Waals surface area (Å²) in [6, 6.07) is 58.8. The van der Waals surface area contributed by atoms with Crippen molar-refractivity contribution in [1.29, 1.82) is 0 Å². The predicted molar refractivity (Wildman–Crippen MR) is 212 cm³/mol. The third kappa shape index (κ3) is 8.83. The van der Waals surface area contributed by atoms with Gasteiger partial charge in [-0.3, -0.25) is 9.59 Å². The number of benzene rings is 6. The minimum absolute atomic E-state index is 0.209. The van der Waals surface area contributed by atoms with Gasteiger partial charge in [0.2, 0.25) is 11.8 Å². The molecule has 2 fully saturated rings. The van der Waals surface area contributed by atoms with Crippen molar-refractivity contribution < 1.29 is 9.59 Å². The van der Waals surface area contributed by atoms with Crippen molar-refractivity contribution >= 4 is 17.9 Å². The van der Waals surface area contributed by atoms with Gasteiger partial charge in [0.1, 0.15) is 0 Å². The summed E-state index contributed by atoms with van der Waals surface area (Å²) >= 11 is 0. The highest BCUT2D eigenvalue weighted by Gasteiger charge is 2.31. The van der Waals surface area contributed by atoms with Crippen molar-refractivity contribution in [3.05, 3.63) is 198 Å². The molecule has 2 heterocycles. The molecule has 2 amide bonds. The lowest BCUT2D eigenvalue weighted by Gasteiger charge is -2.25. The Morgan fingerprint density at radius 2 is 0.942 bits per heavy atom. The van der Waals surface area contributed by atoms with E-state index in [1.807, 2.05) is 53.4 Å². The summed E-state index contributed by atoms with van der Waals surface area (Å²) in [6.07, 6.45) is 6.09. The summed E-state index contributed by atoms with van der Waals surface area (Å²) in [5.74, 6) is 0.487. The second-order valence-corrected chi connectivity index (χ2v) is 13.6. The van der Waals surface area contributed by atoms with Crippen LogP contribution in [0.5, 0.6) is 0 Å². The lowest BCUT2D eigenvalue weighted by Crippen LogP contribution is -2.33. The van der Waals surface area contributed by atoms with E-state index in [1.165, 1.54) is 33.4 Å². The first-order valence-electron chi connectivity index (χ1n) is 18.3. The molecule has 2 saturated heterocycles. The Morgan fingerprint density at radius 3 is 1.50 bits per heavy atom. The Morgan fingerprint density at radius 1 is 0.462 bits per heavy atom. The van der Waals surface area contributed by atoms with E-state index in [2.05, 4.69) is 132 Å². The molecular weight excluding hydrogens is 637 g/mol. The van der Waals surface area contributed by atoms with Gasteiger partial charge in [-0.25, -0.2) is 0 Å². The minimum Gasteiger partial charge on any atom is -0.335 e. The van der Waals surface area contributed by atoms with E-state index < -0.39 is 0 Å². The maximum Gasteiger partial charge on any atom is 0.227 e. The number of allylic oxidation sites excluding steroid dienone is 1. The average molecular weight is 681 g/mol. The quantitative estimate of drug-likeness (QED) is 0.153. The maximum atomic E-state index is 12.3. The van der Waals surface area contributed by atoms with Crippen LogP contribution in [0.15, 0.2) is 176 Å². The van der Waals surface area contributed by atoms with Crippen LogP contribution in [0, 0.1) is 0 Å². The maximum absolute atomic E-state index is 12.3. The summed E-state index contributed by atoms with van der Waals surface area (Å²) in [5.41, 5.74) is 10.8. The van der Waals surface area contributed by atoms with Crippen molar-refractivity contribution in [3.63, 3.8) is 0 Å². The van der Waals surface area contributed by atoms with Crippen LogP contribution in [0.2, 0.25) is 0 Å². The number of carbonyl (C=O) groups excluding carboxylic acids is 2. The molecule has 2 aliphatic heterocycles. The van der Waals surface area contributed by atoms with Crippen LogP contribution in [0.25, 0.3) is 28.3 Å². The highest BCUT2D eigenvalue weighted by molar-refractivity contribution is 5.83. The Bertz CT molecular complexity index is 2080. The van der Waals surface area contributed by atoms with Crippen molar-refractivity contribution in [2.24, 2.45) is 0 Å². The molecule has 1 atom stereocenters. The first-order chi connectivity index (χ1) is 25.6. The van der Waals surface area contributed by atoms with E-state index in [0.29, 0.717) is 32.0 Å². The molecule has 4 heteroatoms. The Kier molecular flexibility index (Phi) is 11.1. The van der Waals surface area contributed by atoms with Gasteiger partial charge in [-0.05, 0) is 69.8 Å². The zero-order valence-corrected chi connectivity index (χ0v) is 29.5. The normalized spacial score (nSPS) is 16.2. The Balaban J connectivity index is 0.000000162. The van der Waals surface area contributed by atoms with E-state index in [-0.39, 0.29) is 11.8 Å². The van der Waals surface area contributed by atoms with Crippen LogP contribution in [-0.4, -0.2) is 27.7 Å². The summed E-state index contributed by atoms with van der Waals surface area (Å²) in [6.45, 7) is 1.36. The van der Waals surface area contributed by atoms with Gasteiger partial charge in [-0.1, -0.05) is 170 Å². The van der Waals surface area contributed by atoms with Crippen molar-refractivity contribution in [2.45, 2.75) is 51.2 Å². The van der Waals surface area contributed by atoms with E-state index in [0.717, 1.165) is 36.1 Å². The summed E-state index contributed by atoms with van der Waals surface area (Å²) in [4.78, 5) is 28.6. The highest BCUT2D eigenvalue weighted by atomic mass is 16.2. The number of hydrogen-bond acceptors (Lipinski definition) is 2. The van der Waals surface area contributed by atoms with Gasteiger partial charge < -0.3 is 9.80 Å². The molecule has 6 aromatic carbocycles. The Hall–Kier alpha value is -6.00. The molecule has 1 unspecified atom stereocenters. The molecule has 2 aliphatic rings. The molecule has 0 bridgehead atoms. The van der Waals surface area contributed by atoms with Gasteiger partial charge in [-0.15, -0.1) is 0 Å². The van der Waals surface area contributed by atoms with Crippen LogP contribution in [0.4, 0.5) is 0 Å². The molecule has 0 spiro atoms. The van der Waals surface area contributed by atoms with Crippen molar-refractivity contribution in [2.75, 3.05) is 0 Å². The molecule has 0 radical (unpaired) electrons. The number of rotatable bonds is 9. The first-order valence-corrected chi connectivity index (χ1v) is 18.3. The molecular formula is C48H44N2O2. The van der Waals surface area contributed by atoms with E-state index >= 15 is 0 Å². The molecule has 0 saturated carbocycles. The van der Waals surface area contributed by atoms with Crippen LogP contribution >= 0.6 is 0 Å². The fourth-order valence-electron chi connectivity index (χ4n) is 7.10. The lowest BCUT2D eigenvalue weighted by atomic mass is 9.99. The lowest BCUT2D eigenvalue weighted by molar-refractivity contribution is -0.129. The van der Waals surface area contributed by atoms with Gasteiger partial charge >= 0.3 is 0 Å². The summed E-state index contributed by atoms with van der Waals surface area (Å²) in [5, 5.41) is 0. The summed E-state index contributed by atoms with van der Waals surface area (Å²) < 4.78 is 0. The molecule has 0 N–H and O–H groups in total. The van der Waals surface area contributed by atoms with Gasteiger partial charge in [0.25, 0.3) is 0 Å². The second kappa shape index (κ2) is 16.8. The van der Waals surface area contributed by atoms with Gasteiger partial charge in [0.15, 0.2) is 0 Å². The largest absolute Gasteiger partial charge is 0.335 e. The average Bonchev–Trinajstić information content (AvgIpc) is 3.73. The molecule has 52 heavy (non-hydrogen) atoms. The van der Waals surface area contributed by atoms with E-state index in [4.69, 9.17) is 0 Å². The number of hydrogen-bond donors (Lipinski definition) is 0. The minimum atomic E-state index is 0.209. The van der Waals surface area contributed by atoms with Crippen LogP contribution < -0.4 is 0 Å². The zero-order chi connectivity index (χ0) is 35.5. The zero-order valence-electron chi connectivity index (χ0n) is 29.5. The number of nitrogens with zero attached hydrogens (tertiary/aromatic N) is 2. The SMILES string of the molecule is O=C1CCC(=Cc2ccc(-c3ccccc3)cc2)N1Cc1ccccc1.O=C1CCC(Cc2ccc(-c3ccccc3)cc2)N1Cc1ccccc1. The standard InChI is InChI=1S/C24H23NO.C24H21NO/c2*26-24-16-15-23(25(24)18-20-7-3-1-4-8-20)17-19-11-13-22(14-12-19)21-9-5-2-6-10-21/h1-14,23H,15-18H2;1-14,17H,15-16,18H2. The fourth-order valence-corrected chi connectivity index (χ4v) is 7.10. The van der Waals surface area contributed by atoms with Crippen LogP contribution in [0.3, 0.4) is 0 Å².